The van der Waals surface area contributed by atoms with Crippen LogP contribution in [0.15, 0.2) is 0 Å². The van der Waals surface area contributed by atoms with Crippen molar-refractivity contribution in [3.05, 3.63) is 0 Å². The van der Waals surface area contributed by atoms with E-state index in [1.165, 1.54) is 13.8 Å². The van der Waals surface area contributed by atoms with Gasteiger partial charge in [0.25, 0.3) is 0 Å². The molecule has 0 N–H and O–H groups in total. The molecule has 1 radical (unpaired) electrons. The molecule has 3 heteroatoms. The second-order valence-corrected chi connectivity index (χ2v) is 1.58. The Kier molecular flexibility index (Phi) is 8.04. The fourth-order valence-corrected chi connectivity index (χ4v) is 0.351. The number of hydrogen-bond donors (Lipinski definition) is 0. The van der Waals surface area contributed by atoms with Gasteiger partial charge >= 0.3 is 0 Å². The van der Waals surface area contributed by atoms with Gasteiger partial charge in [-0.1, -0.05) is 0 Å². The second kappa shape index (κ2) is 5.67. The number of rotatable bonds is 2. The van der Waals surface area contributed by atoms with Crippen LogP contribution in [0.5, 0.6) is 0 Å². The Balaban J connectivity index is 0. The molecular formula is C5H8LaO2. The maximum Gasteiger partial charge on any atom is 0.137 e. The van der Waals surface area contributed by atoms with Crippen LogP contribution in [-0.4, -0.2) is 11.6 Å². The van der Waals surface area contributed by atoms with Gasteiger partial charge in [0.05, 0.1) is 6.42 Å². The standard InChI is InChI=1S/C5H8O2.La/c1-4(6)3-5(2)7;/h3H2,1-2H3;. The molecule has 0 aromatic carbocycles. The summed E-state index contributed by atoms with van der Waals surface area (Å²) in [7, 11) is 0. The summed E-state index contributed by atoms with van der Waals surface area (Å²) < 4.78 is 0. The van der Waals surface area contributed by atoms with E-state index < -0.39 is 0 Å². The molecule has 0 bridgehead atoms. The molecule has 0 saturated heterocycles. The Labute approximate surface area is 76.6 Å². The van der Waals surface area contributed by atoms with E-state index in [1.54, 1.807) is 0 Å². The fourth-order valence-electron chi connectivity index (χ4n) is 0.351. The maximum absolute atomic E-state index is 10.0. The smallest absolute Gasteiger partial charge is 0.137 e. The van der Waals surface area contributed by atoms with Gasteiger partial charge in [0.15, 0.2) is 0 Å². The zero-order chi connectivity index (χ0) is 5.86. The Hall–Kier alpha value is 0.535. The van der Waals surface area contributed by atoms with E-state index in [1.807, 2.05) is 0 Å². The molecule has 43 valence electrons. The third kappa shape index (κ3) is 9.73. The van der Waals surface area contributed by atoms with Crippen molar-refractivity contribution in [1.82, 2.24) is 0 Å². The van der Waals surface area contributed by atoms with Gasteiger partial charge in [-0.05, 0) is 13.8 Å². The SMILES string of the molecule is CC(=O)CC(C)=O.[La]. The summed E-state index contributed by atoms with van der Waals surface area (Å²) in [6.07, 6.45) is 0.0833. The topological polar surface area (TPSA) is 34.1 Å². The molecule has 0 aromatic heterocycles. The minimum absolute atomic E-state index is 0. The summed E-state index contributed by atoms with van der Waals surface area (Å²) in [4.78, 5) is 20.1. The normalized spacial score (nSPS) is 7.25. The summed E-state index contributed by atoms with van der Waals surface area (Å²) in [5, 5.41) is 0. The zero-order valence-electron chi connectivity index (χ0n) is 5.10. The number of Topliss-reactive ketones (excluding diaryl/α,β-unsaturated/α-hetero) is 2. The van der Waals surface area contributed by atoms with E-state index in [-0.39, 0.29) is 53.6 Å². The van der Waals surface area contributed by atoms with Crippen molar-refractivity contribution in [2.45, 2.75) is 20.3 Å². The van der Waals surface area contributed by atoms with Gasteiger partial charge in [-0.15, -0.1) is 0 Å². The first kappa shape index (κ1) is 11.3. The Bertz CT molecular complexity index is 86.6. The van der Waals surface area contributed by atoms with Crippen LogP contribution in [0.4, 0.5) is 0 Å². The molecule has 0 heterocycles. The molecule has 0 aliphatic rings. The second-order valence-electron chi connectivity index (χ2n) is 1.58. The molecule has 0 aromatic rings. The summed E-state index contributed by atoms with van der Waals surface area (Å²) in [5.41, 5.74) is 0. The van der Waals surface area contributed by atoms with Crippen LogP contribution in [0.25, 0.3) is 0 Å². The largest absolute Gasteiger partial charge is 0.300 e. The Morgan fingerprint density at radius 2 is 1.38 bits per heavy atom. The average molecular weight is 239 g/mol. The van der Waals surface area contributed by atoms with Crippen LogP contribution in [-0.2, 0) is 9.59 Å². The number of ketones is 2. The predicted octanol–water partition coefficient (Wildman–Crippen LogP) is 0.554. The minimum Gasteiger partial charge on any atom is -0.300 e. The van der Waals surface area contributed by atoms with E-state index in [0.717, 1.165) is 0 Å². The molecule has 0 rings (SSSR count). The molecule has 2 nitrogen and oxygen atoms in total. The van der Waals surface area contributed by atoms with Crippen LogP contribution >= 0.6 is 0 Å². The van der Waals surface area contributed by atoms with E-state index in [9.17, 15) is 9.59 Å². The summed E-state index contributed by atoms with van der Waals surface area (Å²) in [5.74, 6) is -0.125. The number of carbonyl (C=O) groups is 2. The minimum atomic E-state index is -0.0625. The first-order valence-corrected chi connectivity index (χ1v) is 2.12. The summed E-state index contributed by atoms with van der Waals surface area (Å²) in [6.45, 7) is 2.81. The van der Waals surface area contributed by atoms with Crippen LogP contribution in [0, 0.1) is 35.6 Å². The van der Waals surface area contributed by atoms with Gasteiger partial charge in [0, 0.05) is 35.6 Å². The van der Waals surface area contributed by atoms with Gasteiger partial charge in [0.2, 0.25) is 0 Å². The first-order chi connectivity index (χ1) is 3.13. The number of carbonyl (C=O) groups excluding carboxylic acids is 2. The Morgan fingerprint density at radius 1 is 1.12 bits per heavy atom. The third-order valence-electron chi connectivity index (χ3n) is 0.498. The van der Waals surface area contributed by atoms with Crippen LogP contribution in [0.1, 0.15) is 20.3 Å². The predicted molar refractivity (Wildman–Crippen MR) is 26.0 cm³/mol. The van der Waals surface area contributed by atoms with Gasteiger partial charge in [-0.2, -0.15) is 0 Å². The van der Waals surface area contributed by atoms with E-state index in [2.05, 4.69) is 0 Å². The van der Waals surface area contributed by atoms with Crippen LogP contribution < -0.4 is 0 Å². The molecule has 0 fully saturated rings. The monoisotopic (exact) mass is 239 g/mol. The van der Waals surface area contributed by atoms with Gasteiger partial charge < -0.3 is 0 Å². The van der Waals surface area contributed by atoms with Gasteiger partial charge in [-0.25, -0.2) is 0 Å². The van der Waals surface area contributed by atoms with Gasteiger partial charge in [-0.3, -0.25) is 9.59 Å². The average Bonchev–Trinajstić information content (AvgIpc) is 1.27. The van der Waals surface area contributed by atoms with E-state index >= 15 is 0 Å². The van der Waals surface area contributed by atoms with Crippen molar-refractivity contribution >= 4 is 11.6 Å². The van der Waals surface area contributed by atoms with Crippen molar-refractivity contribution in [2.24, 2.45) is 0 Å². The van der Waals surface area contributed by atoms with Crippen LogP contribution in [0.3, 0.4) is 0 Å². The Morgan fingerprint density at radius 3 is 1.38 bits per heavy atom. The van der Waals surface area contributed by atoms with Crippen molar-refractivity contribution in [1.29, 1.82) is 0 Å². The third-order valence-corrected chi connectivity index (χ3v) is 0.498. The van der Waals surface area contributed by atoms with Crippen molar-refractivity contribution in [3.63, 3.8) is 0 Å². The molecule has 0 aliphatic carbocycles. The summed E-state index contributed by atoms with van der Waals surface area (Å²) >= 11 is 0. The van der Waals surface area contributed by atoms with Gasteiger partial charge in [0.1, 0.15) is 11.6 Å². The number of hydrogen-bond acceptors (Lipinski definition) is 2. The molecule has 0 amide bonds. The molecular weight excluding hydrogens is 231 g/mol. The molecule has 0 unspecified atom stereocenters. The zero-order valence-corrected chi connectivity index (χ0v) is 8.73. The maximum atomic E-state index is 10.0. The fraction of sp³-hybridized carbons (Fsp3) is 0.600. The van der Waals surface area contributed by atoms with Crippen LogP contribution in [0.2, 0.25) is 0 Å². The summed E-state index contributed by atoms with van der Waals surface area (Å²) in [6, 6.07) is 0. The molecule has 0 spiro atoms. The molecule has 0 atom stereocenters. The first-order valence-electron chi connectivity index (χ1n) is 2.12. The van der Waals surface area contributed by atoms with Crippen molar-refractivity contribution in [2.75, 3.05) is 0 Å². The molecule has 0 aliphatic heterocycles. The quantitative estimate of drug-likeness (QED) is 0.659. The van der Waals surface area contributed by atoms with E-state index in [4.69, 9.17) is 0 Å². The molecule has 0 saturated carbocycles. The molecule has 8 heavy (non-hydrogen) atoms. The van der Waals surface area contributed by atoms with Crippen molar-refractivity contribution < 1.29 is 45.2 Å². The van der Waals surface area contributed by atoms with Crippen molar-refractivity contribution in [3.8, 4) is 0 Å². The van der Waals surface area contributed by atoms with E-state index in [0.29, 0.717) is 0 Å².